The standard InChI is InChI=1S/C11H12N2O4/c1-2-17-11(14)6-4-8-3-5-10(13(15)16)9(12)7-8/h3-7H,2,12H2,1H3. The first-order valence-electron chi connectivity index (χ1n) is 4.93. The number of hydrogen-bond donors (Lipinski definition) is 1. The number of carbonyl (C=O) groups is 1. The van der Waals surface area contributed by atoms with Crippen molar-refractivity contribution >= 4 is 23.4 Å². The van der Waals surface area contributed by atoms with E-state index < -0.39 is 10.9 Å². The van der Waals surface area contributed by atoms with E-state index in [0.717, 1.165) is 0 Å². The molecule has 0 aliphatic carbocycles. The average molecular weight is 236 g/mol. The summed E-state index contributed by atoms with van der Waals surface area (Å²) in [6.45, 7) is 2.00. The van der Waals surface area contributed by atoms with Crippen molar-refractivity contribution < 1.29 is 14.5 Å². The van der Waals surface area contributed by atoms with E-state index in [9.17, 15) is 14.9 Å². The van der Waals surface area contributed by atoms with E-state index in [-0.39, 0.29) is 11.4 Å². The zero-order valence-electron chi connectivity index (χ0n) is 9.25. The van der Waals surface area contributed by atoms with Crippen LogP contribution < -0.4 is 5.73 Å². The van der Waals surface area contributed by atoms with Gasteiger partial charge in [-0.3, -0.25) is 10.1 Å². The van der Waals surface area contributed by atoms with Crippen LogP contribution in [0.5, 0.6) is 0 Å². The molecule has 0 spiro atoms. The smallest absolute Gasteiger partial charge is 0.330 e. The number of nitro groups is 1. The minimum absolute atomic E-state index is 0.0565. The van der Waals surface area contributed by atoms with Gasteiger partial charge in [-0.05, 0) is 30.7 Å². The quantitative estimate of drug-likeness (QED) is 0.282. The number of hydrogen-bond acceptors (Lipinski definition) is 5. The van der Waals surface area contributed by atoms with E-state index in [1.165, 1.54) is 30.4 Å². The summed E-state index contributed by atoms with van der Waals surface area (Å²) in [4.78, 5) is 21.0. The molecule has 2 N–H and O–H groups in total. The molecule has 0 atom stereocenters. The molecular formula is C11H12N2O4. The molecule has 0 aromatic heterocycles. The summed E-state index contributed by atoms with van der Waals surface area (Å²) in [5.74, 6) is -0.468. The van der Waals surface area contributed by atoms with Gasteiger partial charge in [0.25, 0.3) is 5.69 Å². The largest absolute Gasteiger partial charge is 0.463 e. The van der Waals surface area contributed by atoms with Crippen molar-refractivity contribution in [2.75, 3.05) is 12.3 Å². The van der Waals surface area contributed by atoms with E-state index in [2.05, 4.69) is 0 Å². The fraction of sp³-hybridized carbons (Fsp3) is 0.182. The van der Waals surface area contributed by atoms with Crippen molar-refractivity contribution in [3.63, 3.8) is 0 Å². The van der Waals surface area contributed by atoms with Crippen LogP contribution in [0, 0.1) is 10.1 Å². The topological polar surface area (TPSA) is 95.5 Å². The lowest BCUT2D eigenvalue weighted by Gasteiger charge is -1.99. The number of nitro benzene ring substituents is 1. The second kappa shape index (κ2) is 5.64. The van der Waals surface area contributed by atoms with Crippen molar-refractivity contribution in [2.45, 2.75) is 6.92 Å². The zero-order valence-corrected chi connectivity index (χ0v) is 9.25. The molecule has 0 aliphatic rings. The number of esters is 1. The van der Waals surface area contributed by atoms with Crippen LogP contribution in [-0.4, -0.2) is 17.5 Å². The number of ether oxygens (including phenoxy) is 1. The van der Waals surface area contributed by atoms with Crippen molar-refractivity contribution in [2.24, 2.45) is 0 Å². The van der Waals surface area contributed by atoms with Crippen molar-refractivity contribution in [1.82, 2.24) is 0 Å². The maximum Gasteiger partial charge on any atom is 0.330 e. The lowest BCUT2D eigenvalue weighted by molar-refractivity contribution is -0.383. The SMILES string of the molecule is CCOC(=O)C=Cc1ccc([N+](=O)[O-])c(N)c1. The molecule has 0 unspecified atom stereocenters. The van der Waals surface area contributed by atoms with Crippen LogP contribution >= 0.6 is 0 Å². The number of benzene rings is 1. The maximum atomic E-state index is 11.0. The van der Waals surface area contributed by atoms with Gasteiger partial charge in [0.1, 0.15) is 5.69 Å². The highest BCUT2D eigenvalue weighted by Crippen LogP contribution is 2.22. The Labute approximate surface area is 97.8 Å². The molecule has 17 heavy (non-hydrogen) atoms. The van der Waals surface area contributed by atoms with E-state index in [4.69, 9.17) is 10.5 Å². The Hall–Kier alpha value is -2.37. The number of nitrogens with zero attached hydrogens (tertiary/aromatic N) is 1. The first-order valence-corrected chi connectivity index (χ1v) is 4.93. The Bertz CT molecular complexity index is 469. The summed E-state index contributed by atoms with van der Waals surface area (Å²) in [6.07, 6.45) is 2.72. The van der Waals surface area contributed by atoms with Crippen molar-refractivity contribution in [3.8, 4) is 0 Å². The summed E-state index contributed by atoms with van der Waals surface area (Å²) in [6, 6.07) is 4.22. The molecule has 0 saturated carbocycles. The normalized spacial score (nSPS) is 10.4. The summed E-state index contributed by atoms with van der Waals surface area (Å²) >= 11 is 0. The predicted octanol–water partition coefficient (Wildman–Crippen LogP) is 1.75. The molecule has 0 aliphatic heterocycles. The third kappa shape index (κ3) is 3.60. The van der Waals surface area contributed by atoms with Gasteiger partial charge >= 0.3 is 5.97 Å². The summed E-state index contributed by atoms with van der Waals surface area (Å²) in [5.41, 5.74) is 6.00. The van der Waals surface area contributed by atoms with Crippen LogP contribution in [0.1, 0.15) is 12.5 Å². The van der Waals surface area contributed by atoms with Gasteiger partial charge < -0.3 is 10.5 Å². The summed E-state index contributed by atoms with van der Waals surface area (Å²) in [5, 5.41) is 10.5. The van der Waals surface area contributed by atoms with Gasteiger partial charge in [0.05, 0.1) is 11.5 Å². The molecule has 0 amide bonds. The highest BCUT2D eigenvalue weighted by Gasteiger charge is 2.10. The molecule has 90 valence electrons. The highest BCUT2D eigenvalue weighted by atomic mass is 16.6. The van der Waals surface area contributed by atoms with Crippen molar-refractivity contribution in [1.29, 1.82) is 0 Å². The van der Waals surface area contributed by atoms with Crippen molar-refractivity contribution in [3.05, 3.63) is 40.0 Å². The van der Waals surface area contributed by atoms with Crippen LogP contribution in [-0.2, 0) is 9.53 Å². The van der Waals surface area contributed by atoms with Crippen LogP contribution in [0.25, 0.3) is 6.08 Å². The van der Waals surface area contributed by atoms with E-state index in [1.807, 2.05) is 0 Å². The second-order valence-corrected chi connectivity index (χ2v) is 3.16. The van der Waals surface area contributed by atoms with Gasteiger partial charge in [-0.25, -0.2) is 4.79 Å². The number of nitrogen functional groups attached to an aromatic ring is 1. The summed E-state index contributed by atoms with van der Waals surface area (Å²) < 4.78 is 4.69. The maximum absolute atomic E-state index is 11.0. The lowest BCUT2D eigenvalue weighted by Crippen LogP contribution is -1.99. The lowest BCUT2D eigenvalue weighted by atomic mass is 10.1. The van der Waals surface area contributed by atoms with Crippen LogP contribution in [0.3, 0.4) is 0 Å². The van der Waals surface area contributed by atoms with E-state index >= 15 is 0 Å². The molecule has 0 bridgehead atoms. The molecule has 0 saturated heterocycles. The fourth-order valence-corrected chi connectivity index (χ4v) is 1.20. The Kier molecular flexibility index (Phi) is 4.21. The minimum Gasteiger partial charge on any atom is -0.463 e. The molecule has 6 heteroatoms. The Balaban J connectivity index is 2.84. The first-order chi connectivity index (χ1) is 8.04. The van der Waals surface area contributed by atoms with Crippen LogP contribution in [0.4, 0.5) is 11.4 Å². The highest BCUT2D eigenvalue weighted by molar-refractivity contribution is 5.87. The summed E-state index contributed by atoms with van der Waals surface area (Å²) in [7, 11) is 0. The Morgan fingerprint density at radius 1 is 1.59 bits per heavy atom. The number of nitrogens with two attached hydrogens (primary N) is 1. The molecule has 6 nitrogen and oxygen atoms in total. The van der Waals surface area contributed by atoms with E-state index in [1.54, 1.807) is 6.92 Å². The third-order valence-electron chi connectivity index (χ3n) is 1.95. The molecule has 0 radical (unpaired) electrons. The van der Waals surface area contributed by atoms with Crippen LogP contribution in [0.2, 0.25) is 0 Å². The monoisotopic (exact) mass is 236 g/mol. The average Bonchev–Trinajstić information content (AvgIpc) is 2.26. The predicted molar refractivity (Wildman–Crippen MR) is 63.2 cm³/mol. The number of carbonyl (C=O) groups excluding carboxylic acids is 1. The minimum atomic E-state index is -0.561. The molecule has 1 rings (SSSR count). The van der Waals surface area contributed by atoms with Gasteiger partial charge in [-0.2, -0.15) is 0 Å². The molecule has 0 fully saturated rings. The second-order valence-electron chi connectivity index (χ2n) is 3.16. The zero-order chi connectivity index (χ0) is 12.8. The van der Waals surface area contributed by atoms with Gasteiger partial charge in [0, 0.05) is 12.1 Å². The molecular weight excluding hydrogens is 224 g/mol. The van der Waals surface area contributed by atoms with Gasteiger partial charge in [0.15, 0.2) is 0 Å². The Morgan fingerprint density at radius 3 is 2.82 bits per heavy atom. The van der Waals surface area contributed by atoms with Gasteiger partial charge in [-0.1, -0.05) is 0 Å². The third-order valence-corrected chi connectivity index (χ3v) is 1.95. The van der Waals surface area contributed by atoms with Crippen LogP contribution in [0.15, 0.2) is 24.3 Å². The Morgan fingerprint density at radius 2 is 2.29 bits per heavy atom. The molecule has 0 heterocycles. The van der Waals surface area contributed by atoms with Gasteiger partial charge in [0.2, 0.25) is 0 Å². The fourth-order valence-electron chi connectivity index (χ4n) is 1.20. The first kappa shape index (κ1) is 12.7. The van der Waals surface area contributed by atoms with Gasteiger partial charge in [-0.15, -0.1) is 0 Å². The number of rotatable bonds is 4. The van der Waals surface area contributed by atoms with E-state index in [0.29, 0.717) is 12.2 Å². The number of anilines is 1. The molecule has 1 aromatic rings. The molecule has 1 aromatic carbocycles.